The molecule has 0 aromatic heterocycles. The zero-order valence-electron chi connectivity index (χ0n) is 35.9. The van der Waals surface area contributed by atoms with E-state index in [2.05, 4.69) is 12.7 Å². The first-order valence-electron chi connectivity index (χ1n) is 22.5. The number of benzene rings is 3. The molecule has 7 atom stereocenters. The van der Waals surface area contributed by atoms with Gasteiger partial charge in [0.1, 0.15) is 36.2 Å². The minimum absolute atomic E-state index is 0.0317. The standard InChI is InChI=1S/C50H62N2O10/c1-3-24-52(49(56)58-34-35-15-6-5-7-16-35)45-32-43(51-62-46-21-10-13-28-57-46)41-30-37(18-8-11-25-53)40(20-9-12-26-54)47-42-31-39(60-38-19-14-17-36(29-38)33-55)22-23-44(42)61-50(45,48(41)47)59-27-4-2/h4-7,14-17,19,22-23,29-31,33,37,40,45-48,53-54H,2-3,8-13,18,20-21,24-28,32,34H2,1H3. The van der Waals surface area contributed by atoms with Gasteiger partial charge in [0.15, 0.2) is 0 Å². The van der Waals surface area contributed by atoms with Crippen LogP contribution in [-0.2, 0) is 25.7 Å². The number of aliphatic hydroxyl groups is 2. The molecule has 0 spiro atoms. The second-order valence-corrected chi connectivity index (χ2v) is 16.7. The van der Waals surface area contributed by atoms with Gasteiger partial charge in [-0.15, -0.1) is 6.58 Å². The van der Waals surface area contributed by atoms with Gasteiger partial charge in [0.25, 0.3) is 0 Å². The Kier molecular flexibility index (Phi) is 15.9. The van der Waals surface area contributed by atoms with Crippen LogP contribution in [0.5, 0.6) is 17.2 Å². The summed E-state index contributed by atoms with van der Waals surface area (Å²) in [5.41, 5.74) is 3.93. The number of fused-ring (bicyclic) bond motifs is 2. The molecule has 1 saturated heterocycles. The Morgan fingerprint density at radius 3 is 2.53 bits per heavy atom. The predicted octanol–water partition coefficient (Wildman–Crippen LogP) is 9.50. The van der Waals surface area contributed by atoms with E-state index in [0.717, 1.165) is 67.9 Å². The third-order valence-electron chi connectivity index (χ3n) is 12.6. The van der Waals surface area contributed by atoms with Crippen LogP contribution in [0.2, 0.25) is 0 Å². The van der Waals surface area contributed by atoms with Crippen molar-refractivity contribution in [2.45, 2.75) is 108 Å². The smallest absolute Gasteiger partial charge is 0.410 e. The monoisotopic (exact) mass is 850 g/mol. The summed E-state index contributed by atoms with van der Waals surface area (Å²) in [6, 6.07) is 21.7. The average Bonchev–Trinajstić information content (AvgIpc) is 3.30. The molecule has 12 nitrogen and oxygen atoms in total. The van der Waals surface area contributed by atoms with Gasteiger partial charge in [-0.05, 0) is 98.2 Å². The number of nitrogens with zero attached hydrogens (tertiary/aromatic N) is 2. The molecule has 7 rings (SSSR count). The lowest BCUT2D eigenvalue weighted by molar-refractivity contribution is -0.255. The average molecular weight is 851 g/mol. The third-order valence-corrected chi connectivity index (χ3v) is 12.6. The molecule has 0 radical (unpaired) electrons. The highest BCUT2D eigenvalue weighted by molar-refractivity contribution is 6.03. The van der Waals surface area contributed by atoms with Crippen LogP contribution in [0.3, 0.4) is 0 Å². The van der Waals surface area contributed by atoms with E-state index >= 15 is 0 Å². The Morgan fingerprint density at radius 2 is 1.79 bits per heavy atom. The Labute approximate surface area is 365 Å². The molecular formula is C50H62N2O10. The molecule has 62 heavy (non-hydrogen) atoms. The molecule has 2 fully saturated rings. The SMILES string of the molecule is C=CCOC12Oc3ccc(Oc4cccc(C=O)c4)cc3C3C(CCCCO)C(CCCCO)C=C(C(=NOC4CCCCO4)CC1N(CCC)C(=O)OCc1ccccc1)C32. The van der Waals surface area contributed by atoms with E-state index in [1.807, 2.05) is 61.5 Å². The van der Waals surface area contributed by atoms with E-state index in [9.17, 15) is 19.8 Å². The van der Waals surface area contributed by atoms with Crippen molar-refractivity contribution < 1.29 is 48.3 Å². The number of allylic oxidation sites excluding steroid dienone is 1. The number of aldehydes is 1. The molecule has 2 aliphatic carbocycles. The number of carbonyl (C=O) groups excluding carboxylic acids is 2. The Bertz CT molecular complexity index is 2020. The quantitative estimate of drug-likeness (QED) is 0.0460. The number of hydrogen-bond acceptors (Lipinski definition) is 11. The minimum atomic E-state index is -1.43. The van der Waals surface area contributed by atoms with Crippen molar-refractivity contribution >= 4 is 18.1 Å². The number of aliphatic hydroxyl groups excluding tert-OH is 2. The van der Waals surface area contributed by atoms with Crippen molar-refractivity contribution in [2.75, 3.05) is 33.0 Å². The van der Waals surface area contributed by atoms with Crippen LogP contribution in [0.15, 0.2) is 102 Å². The molecule has 2 heterocycles. The van der Waals surface area contributed by atoms with E-state index in [1.165, 1.54) is 0 Å². The van der Waals surface area contributed by atoms with E-state index in [0.29, 0.717) is 60.9 Å². The topological polar surface area (TPSA) is 146 Å². The van der Waals surface area contributed by atoms with Crippen LogP contribution >= 0.6 is 0 Å². The fraction of sp³-hybridized carbons (Fsp3) is 0.500. The summed E-state index contributed by atoms with van der Waals surface area (Å²) in [4.78, 5) is 34.3. The molecule has 332 valence electrons. The minimum Gasteiger partial charge on any atom is -0.459 e. The largest absolute Gasteiger partial charge is 0.459 e. The lowest BCUT2D eigenvalue weighted by Gasteiger charge is -2.60. The maximum atomic E-state index is 14.6. The predicted molar refractivity (Wildman–Crippen MR) is 235 cm³/mol. The summed E-state index contributed by atoms with van der Waals surface area (Å²) in [5, 5.41) is 24.8. The van der Waals surface area contributed by atoms with Gasteiger partial charge in [0, 0.05) is 49.6 Å². The molecule has 0 bridgehead atoms. The van der Waals surface area contributed by atoms with Gasteiger partial charge in [-0.2, -0.15) is 0 Å². The number of hydrogen-bond donors (Lipinski definition) is 2. The first-order valence-corrected chi connectivity index (χ1v) is 22.5. The van der Waals surface area contributed by atoms with Crippen LogP contribution in [-0.4, -0.2) is 84.3 Å². The Balaban J connectivity index is 1.41. The molecule has 3 aromatic rings. The second kappa shape index (κ2) is 21.9. The fourth-order valence-corrected chi connectivity index (χ4v) is 9.83. The summed E-state index contributed by atoms with van der Waals surface area (Å²) in [6.45, 7) is 7.44. The maximum Gasteiger partial charge on any atom is 0.410 e. The molecule has 1 saturated carbocycles. The normalized spacial score (nSPS) is 25.7. The molecule has 2 aliphatic heterocycles. The van der Waals surface area contributed by atoms with Crippen molar-refractivity contribution in [3.05, 3.63) is 114 Å². The van der Waals surface area contributed by atoms with Crippen molar-refractivity contribution in [2.24, 2.45) is 22.9 Å². The number of unbranched alkanes of at least 4 members (excludes halogenated alkanes) is 2. The fourth-order valence-electron chi connectivity index (χ4n) is 9.83. The number of carbonyl (C=O) groups is 2. The van der Waals surface area contributed by atoms with Crippen molar-refractivity contribution in [3.8, 4) is 17.2 Å². The van der Waals surface area contributed by atoms with Crippen LogP contribution < -0.4 is 9.47 Å². The number of ether oxygens (including phenoxy) is 5. The summed E-state index contributed by atoms with van der Waals surface area (Å²) in [6.07, 6.45) is 11.9. The summed E-state index contributed by atoms with van der Waals surface area (Å²) in [5.74, 6) is -0.357. The highest BCUT2D eigenvalue weighted by Gasteiger charge is 2.65. The highest BCUT2D eigenvalue weighted by Crippen LogP contribution is 2.62. The molecule has 1 amide bonds. The maximum absolute atomic E-state index is 14.6. The van der Waals surface area contributed by atoms with Gasteiger partial charge in [0.2, 0.25) is 12.1 Å². The first kappa shape index (κ1) is 45.0. The van der Waals surface area contributed by atoms with E-state index < -0.39 is 30.1 Å². The lowest BCUT2D eigenvalue weighted by atomic mass is 9.55. The molecule has 12 heteroatoms. The first-order chi connectivity index (χ1) is 30.4. The number of rotatable bonds is 21. The molecule has 4 aliphatic rings. The van der Waals surface area contributed by atoms with E-state index in [-0.39, 0.29) is 50.6 Å². The second-order valence-electron chi connectivity index (χ2n) is 16.7. The van der Waals surface area contributed by atoms with E-state index in [4.69, 9.17) is 33.7 Å². The van der Waals surface area contributed by atoms with Gasteiger partial charge in [-0.1, -0.05) is 79.5 Å². The lowest BCUT2D eigenvalue weighted by Crippen LogP contribution is -2.70. The van der Waals surface area contributed by atoms with Gasteiger partial charge < -0.3 is 38.7 Å². The molecule has 2 N–H and O–H groups in total. The zero-order chi connectivity index (χ0) is 43.3. The summed E-state index contributed by atoms with van der Waals surface area (Å²) in [7, 11) is 0. The van der Waals surface area contributed by atoms with Crippen LogP contribution in [0.1, 0.15) is 105 Å². The van der Waals surface area contributed by atoms with E-state index in [1.54, 1.807) is 29.2 Å². The van der Waals surface area contributed by atoms with Crippen molar-refractivity contribution in [1.82, 2.24) is 4.90 Å². The zero-order valence-corrected chi connectivity index (χ0v) is 35.9. The highest BCUT2D eigenvalue weighted by atomic mass is 16.8. The summed E-state index contributed by atoms with van der Waals surface area (Å²) < 4.78 is 33.0. The number of amides is 1. The number of oxime groups is 1. The van der Waals surface area contributed by atoms with Gasteiger partial charge >= 0.3 is 6.09 Å². The summed E-state index contributed by atoms with van der Waals surface area (Å²) >= 11 is 0. The Hall–Kier alpha value is -5.01. The van der Waals surface area contributed by atoms with Crippen molar-refractivity contribution in [3.63, 3.8) is 0 Å². The van der Waals surface area contributed by atoms with Gasteiger partial charge in [0.05, 0.1) is 24.8 Å². The van der Waals surface area contributed by atoms with Gasteiger partial charge in [-0.3, -0.25) is 9.69 Å². The van der Waals surface area contributed by atoms with Crippen LogP contribution in [0, 0.1) is 17.8 Å². The molecular weight excluding hydrogens is 789 g/mol. The Morgan fingerprint density at radius 1 is 0.984 bits per heavy atom. The van der Waals surface area contributed by atoms with Gasteiger partial charge in [-0.25, -0.2) is 4.79 Å². The molecule has 3 aromatic carbocycles. The van der Waals surface area contributed by atoms with Crippen LogP contribution in [0.25, 0.3) is 0 Å². The van der Waals surface area contributed by atoms with Crippen molar-refractivity contribution in [1.29, 1.82) is 0 Å². The molecule has 7 unspecified atom stereocenters. The van der Waals surface area contributed by atoms with Crippen LogP contribution in [0.4, 0.5) is 4.79 Å². The third kappa shape index (κ3) is 10.3.